The summed E-state index contributed by atoms with van der Waals surface area (Å²) in [4.78, 5) is 5.08. The van der Waals surface area contributed by atoms with E-state index in [1.54, 1.807) is 0 Å². The highest BCUT2D eigenvalue weighted by Crippen LogP contribution is 2.30. The highest BCUT2D eigenvalue weighted by Gasteiger charge is 2.42. The lowest BCUT2D eigenvalue weighted by molar-refractivity contribution is 0.0674. The van der Waals surface area contributed by atoms with Gasteiger partial charge >= 0.3 is 0 Å². The van der Waals surface area contributed by atoms with Crippen molar-refractivity contribution in [2.24, 2.45) is 11.7 Å². The van der Waals surface area contributed by atoms with Gasteiger partial charge in [0.25, 0.3) is 0 Å². The Morgan fingerprint density at radius 1 is 1.24 bits per heavy atom. The molecule has 2 N–H and O–H groups in total. The fourth-order valence-corrected chi connectivity index (χ4v) is 3.39. The van der Waals surface area contributed by atoms with E-state index >= 15 is 0 Å². The molecule has 0 amide bonds. The van der Waals surface area contributed by atoms with Crippen LogP contribution in [0.2, 0.25) is 0 Å². The van der Waals surface area contributed by atoms with Gasteiger partial charge in [-0.05, 0) is 31.9 Å². The van der Waals surface area contributed by atoms with Crippen LogP contribution >= 0.6 is 0 Å². The predicted molar refractivity (Wildman–Crippen MR) is 90.2 cm³/mol. The maximum absolute atomic E-state index is 6.19. The average molecular weight is 289 g/mol. The summed E-state index contributed by atoms with van der Waals surface area (Å²) in [6, 6.07) is 11.3. The number of hydrogen-bond donors (Lipinski definition) is 1. The van der Waals surface area contributed by atoms with E-state index in [2.05, 4.69) is 68.0 Å². The van der Waals surface area contributed by atoms with Gasteiger partial charge in [-0.15, -0.1) is 0 Å². The van der Waals surface area contributed by atoms with Crippen molar-refractivity contribution in [3.8, 4) is 0 Å². The Morgan fingerprint density at radius 2 is 1.90 bits per heavy atom. The van der Waals surface area contributed by atoms with Crippen LogP contribution in [0.3, 0.4) is 0 Å². The number of nitrogens with two attached hydrogens (primary N) is 1. The summed E-state index contributed by atoms with van der Waals surface area (Å²) >= 11 is 0. The first-order chi connectivity index (χ1) is 9.98. The zero-order valence-corrected chi connectivity index (χ0v) is 14.0. The van der Waals surface area contributed by atoms with Crippen molar-refractivity contribution < 1.29 is 0 Å². The first-order valence-electron chi connectivity index (χ1n) is 8.18. The van der Waals surface area contributed by atoms with Gasteiger partial charge in [0.2, 0.25) is 0 Å². The van der Waals surface area contributed by atoms with Gasteiger partial charge in [-0.3, -0.25) is 9.80 Å². The largest absolute Gasteiger partial charge is 0.329 e. The summed E-state index contributed by atoms with van der Waals surface area (Å²) < 4.78 is 0. The van der Waals surface area contributed by atoms with Gasteiger partial charge < -0.3 is 5.73 Å². The van der Waals surface area contributed by atoms with Crippen molar-refractivity contribution in [2.75, 3.05) is 26.7 Å². The van der Waals surface area contributed by atoms with E-state index in [9.17, 15) is 0 Å². The molecule has 1 aromatic carbocycles. The molecular formula is C18H31N3. The van der Waals surface area contributed by atoms with Gasteiger partial charge in [0.1, 0.15) is 0 Å². The zero-order chi connectivity index (χ0) is 15.5. The Kier molecular flexibility index (Phi) is 5.42. The lowest BCUT2D eigenvalue weighted by atomic mass is 9.92. The molecule has 2 unspecified atom stereocenters. The van der Waals surface area contributed by atoms with Crippen LogP contribution in [0, 0.1) is 5.92 Å². The second-order valence-corrected chi connectivity index (χ2v) is 6.97. The number of benzene rings is 1. The van der Waals surface area contributed by atoms with Crippen LogP contribution < -0.4 is 5.73 Å². The topological polar surface area (TPSA) is 32.5 Å². The summed E-state index contributed by atoms with van der Waals surface area (Å²) in [7, 11) is 2.25. The molecule has 3 nitrogen and oxygen atoms in total. The predicted octanol–water partition coefficient (Wildman–Crippen LogP) is 2.57. The van der Waals surface area contributed by atoms with Gasteiger partial charge in [-0.2, -0.15) is 0 Å². The Labute approximate surface area is 130 Å². The molecule has 3 heteroatoms. The fourth-order valence-electron chi connectivity index (χ4n) is 3.39. The van der Waals surface area contributed by atoms with Crippen molar-refractivity contribution >= 4 is 0 Å². The van der Waals surface area contributed by atoms with Crippen molar-refractivity contribution in [3.63, 3.8) is 0 Å². The molecule has 1 heterocycles. The summed E-state index contributed by atoms with van der Waals surface area (Å²) in [5, 5.41) is 0. The minimum atomic E-state index is 0.137. The van der Waals surface area contributed by atoms with Gasteiger partial charge in [0.15, 0.2) is 0 Å². The molecule has 2 rings (SSSR count). The van der Waals surface area contributed by atoms with Gasteiger partial charge in [-0.25, -0.2) is 0 Å². The Bertz CT molecular complexity index is 431. The number of nitrogens with zero attached hydrogens (tertiary/aromatic N) is 2. The molecule has 0 aliphatic carbocycles. The standard InChI is InChI=1S/C18H31N3/c1-15(2)16(3)20(4)18(13-19)10-11-21(14-18)12-17-8-6-5-7-9-17/h5-9,15-16H,10-14,19H2,1-4H3. The Balaban J connectivity index is 2.03. The minimum absolute atomic E-state index is 0.137. The van der Waals surface area contributed by atoms with Gasteiger partial charge in [-0.1, -0.05) is 44.2 Å². The van der Waals surface area contributed by atoms with Crippen LogP contribution in [0.5, 0.6) is 0 Å². The summed E-state index contributed by atoms with van der Waals surface area (Å²) in [6.07, 6.45) is 1.17. The zero-order valence-electron chi connectivity index (χ0n) is 14.0. The van der Waals surface area contributed by atoms with Crippen molar-refractivity contribution in [1.29, 1.82) is 0 Å². The molecule has 1 aliphatic heterocycles. The fraction of sp³-hybridized carbons (Fsp3) is 0.667. The molecule has 2 atom stereocenters. The molecule has 1 saturated heterocycles. The molecule has 1 aliphatic rings. The quantitative estimate of drug-likeness (QED) is 0.873. The van der Waals surface area contributed by atoms with E-state index in [-0.39, 0.29) is 5.54 Å². The normalized spacial score (nSPS) is 24.9. The molecule has 0 bridgehead atoms. The molecule has 118 valence electrons. The molecule has 0 saturated carbocycles. The maximum Gasteiger partial charge on any atom is 0.0470 e. The first-order valence-corrected chi connectivity index (χ1v) is 8.18. The minimum Gasteiger partial charge on any atom is -0.329 e. The van der Waals surface area contributed by atoms with Gasteiger partial charge in [0, 0.05) is 37.8 Å². The van der Waals surface area contributed by atoms with Crippen LogP contribution in [0.25, 0.3) is 0 Å². The van der Waals surface area contributed by atoms with Gasteiger partial charge in [0.05, 0.1) is 0 Å². The van der Waals surface area contributed by atoms with Crippen LogP contribution in [-0.2, 0) is 6.54 Å². The molecular weight excluding hydrogens is 258 g/mol. The second-order valence-electron chi connectivity index (χ2n) is 6.97. The second kappa shape index (κ2) is 6.91. The smallest absolute Gasteiger partial charge is 0.0470 e. The SMILES string of the molecule is CC(C)C(C)N(C)C1(CN)CCN(Cc2ccccc2)C1. The van der Waals surface area contributed by atoms with E-state index in [0.29, 0.717) is 12.0 Å². The molecule has 0 aromatic heterocycles. The van der Waals surface area contributed by atoms with E-state index in [1.165, 1.54) is 12.0 Å². The Hall–Kier alpha value is -0.900. The molecule has 1 aromatic rings. The molecule has 1 fully saturated rings. The number of likely N-dealkylation sites (tertiary alicyclic amines) is 1. The molecule has 0 radical (unpaired) electrons. The molecule has 21 heavy (non-hydrogen) atoms. The van der Waals surface area contributed by atoms with Crippen LogP contribution in [0.1, 0.15) is 32.8 Å². The molecule has 0 spiro atoms. The number of hydrogen-bond acceptors (Lipinski definition) is 3. The first kappa shape index (κ1) is 16.5. The maximum atomic E-state index is 6.19. The summed E-state index contributed by atoms with van der Waals surface area (Å²) in [5.74, 6) is 0.654. The lowest BCUT2D eigenvalue weighted by Gasteiger charge is -2.43. The monoisotopic (exact) mass is 289 g/mol. The third-order valence-corrected chi connectivity index (χ3v) is 5.36. The summed E-state index contributed by atoms with van der Waals surface area (Å²) in [6.45, 7) is 10.9. The van der Waals surface area contributed by atoms with E-state index in [1.807, 2.05) is 0 Å². The van der Waals surface area contributed by atoms with Crippen molar-refractivity contribution in [1.82, 2.24) is 9.80 Å². The lowest BCUT2D eigenvalue weighted by Crippen LogP contribution is -2.57. The average Bonchev–Trinajstić information content (AvgIpc) is 2.91. The third-order valence-electron chi connectivity index (χ3n) is 5.36. The summed E-state index contributed by atoms with van der Waals surface area (Å²) in [5.41, 5.74) is 7.73. The third kappa shape index (κ3) is 3.65. The van der Waals surface area contributed by atoms with Crippen molar-refractivity contribution in [3.05, 3.63) is 35.9 Å². The number of likely N-dealkylation sites (N-methyl/N-ethyl adjacent to an activating group) is 1. The van der Waals surface area contributed by atoms with Crippen LogP contribution in [0.15, 0.2) is 30.3 Å². The van der Waals surface area contributed by atoms with Crippen molar-refractivity contribution in [2.45, 2.75) is 45.3 Å². The van der Waals surface area contributed by atoms with Crippen LogP contribution in [-0.4, -0.2) is 48.1 Å². The Morgan fingerprint density at radius 3 is 2.48 bits per heavy atom. The van der Waals surface area contributed by atoms with E-state index in [4.69, 9.17) is 5.73 Å². The van der Waals surface area contributed by atoms with E-state index < -0.39 is 0 Å². The van der Waals surface area contributed by atoms with Crippen LogP contribution in [0.4, 0.5) is 0 Å². The number of rotatable bonds is 6. The highest BCUT2D eigenvalue weighted by molar-refractivity contribution is 5.15. The van der Waals surface area contributed by atoms with E-state index in [0.717, 1.165) is 26.2 Å². The highest BCUT2D eigenvalue weighted by atomic mass is 15.3.